The molecule has 1 heterocycles. The molecule has 1 fully saturated rings. The predicted molar refractivity (Wildman–Crippen MR) is 61.3 cm³/mol. The van der Waals surface area contributed by atoms with Gasteiger partial charge in [0.05, 0.1) is 5.52 Å². The molecule has 0 spiro atoms. The lowest BCUT2D eigenvalue weighted by Crippen LogP contribution is -1.91. The number of fused-ring (bicyclic) bond motifs is 1. The lowest BCUT2D eigenvalue weighted by molar-refractivity contribution is 0.481. The van der Waals surface area contributed by atoms with Crippen LogP contribution in [-0.2, 0) is 6.42 Å². The Hall–Kier alpha value is -1.44. The molecule has 1 aromatic carbocycles. The monoisotopic (exact) mass is 201 g/mol. The standard InChI is InChI=1S/C13H15NO/c1-2-9-7-12-11(13(15)8-9)5-6-14(12)10-3-4-10/h5-8,10,15H,2-4H2,1H3. The summed E-state index contributed by atoms with van der Waals surface area (Å²) in [5.41, 5.74) is 2.40. The van der Waals surface area contributed by atoms with Gasteiger partial charge in [-0.2, -0.15) is 0 Å². The van der Waals surface area contributed by atoms with Gasteiger partial charge in [0.15, 0.2) is 0 Å². The van der Waals surface area contributed by atoms with Crippen molar-refractivity contribution in [1.29, 1.82) is 0 Å². The molecule has 0 unspecified atom stereocenters. The van der Waals surface area contributed by atoms with Crippen molar-refractivity contribution in [2.24, 2.45) is 0 Å². The molecule has 3 rings (SSSR count). The van der Waals surface area contributed by atoms with Crippen molar-refractivity contribution in [3.05, 3.63) is 30.0 Å². The fraction of sp³-hybridized carbons (Fsp3) is 0.385. The lowest BCUT2D eigenvalue weighted by Gasteiger charge is -2.05. The van der Waals surface area contributed by atoms with E-state index in [2.05, 4.69) is 23.8 Å². The van der Waals surface area contributed by atoms with E-state index >= 15 is 0 Å². The van der Waals surface area contributed by atoms with Crippen LogP contribution in [0, 0.1) is 0 Å². The van der Waals surface area contributed by atoms with E-state index in [-0.39, 0.29) is 0 Å². The summed E-state index contributed by atoms with van der Waals surface area (Å²) in [6.07, 6.45) is 5.63. The molecular weight excluding hydrogens is 186 g/mol. The van der Waals surface area contributed by atoms with E-state index in [1.54, 1.807) is 0 Å². The first-order chi connectivity index (χ1) is 7.29. The van der Waals surface area contributed by atoms with Gasteiger partial charge in [0.1, 0.15) is 5.75 Å². The van der Waals surface area contributed by atoms with E-state index in [4.69, 9.17) is 0 Å². The summed E-state index contributed by atoms with van der Waals surface area (Å²) >= 11 is 0. The number of aryl methyl sites for hydroxylation is 1. The van der Waals surface area contributed by atoms with Crippen molar-refractivity contribution in [2.75, 3.05) is 0 Å². The van der Waals surface area contributed by atoms with Crippen LogP contribution in [0.15, 0.2) is 24.4 Å². The Morgan fingerprint density at radius 3 is 2.87 bits per heavy atom. The normalized spacial score (nSPS) is 16.1. The van der Waals surface area contributed by atoms with Gasteiger partial charge in [-0.3, -0.25) is 0 Å². The van der Waals surface area contributed by atoms with Gasteiger partial charge in [-0.25, -0.2) is 0 Å². The van der Waals surface area contributed by atoms with Crippen molar-refractivity contribution in [1.82, 2.24) is 4.57 Å². The molecule has 0 bridgehead atoms. The van der Waals surface area contributed by atoms with Crippen LogP contribution in [0.1, 0.15) is 31.4 Å². The second kappa shape index (κ2) is 3.02. The van der Waals surface area contributed by atoms with Crippen LogP contribution < -0.4 is 0 Å². The second-order valence-electron chi connectivity index (χ2n) is 4.36. The quantitative estimate of drug-likeness (QED) is 0.792. The van der Waals surface area contributed by atoms with Crippen molar-refractivity contribution in [3.8, 4) is 5.75 Å². The molecule has 15 heavy (non-hydrogen) atoms. The van der Waals surface area contributed by atoms with E-state index in [1.807, 2.05) is 12.1 Å². The van der Waals surface area contributed by atoms with E-state index in [0.717, 1.165) is 11.8 Å². The maximum absolute atomic E-state index is 9.89. The molecule has 1 aromatic heterocycles. The summed E-state index contributed by atoms with van der Waals surface area (Å²) < 4.78 is 2.30. The first kappa shape index (κ1) is 8.84. The van der Waals surface area contributed by atoms with E-state index in [9.17, 15) is 5.11 Å². The van der Waals surface area contributed by atoms with Gasteiger partial charge in [-0.1, -0.05) is 6.92 Å². The number of phenolic OH excluding ortho intramolecular Hbond substituents is 1. The summed E-state index contributed by atoms with van der Waals surface area (Å²) in [6.45, 7) is 2.12. The van der Waals surface area contributed by atoms with Crippen molar-refractivity contribution < 1.29 is 5.11 Å². The van der Waals surface area contributed by atoms with Crippen molar-refractivity contribution in [2.45, 2.75) is 32.2 Å². The van der Waals surface area contributed by atoms with Gasteiger partial charge in [0.25, 0.3) is 0 Å². The molecule has 1 aliphatic carbocycles. The molecule has 0 atom stereocenters. The Balaban J connectivity index is 2.26. The molecule has 2 heteroatoms. The smallest absolute Gasteiger partial charge is 0.125 e. The zero-order valence-electron chi connectivity index (χ0n) is 8.90. The first-order valence-electron chi connectivity index (χ1n) is 5.62. The summed E-state index contributed by atoms with van der Waals surface area (Å²) in [7, 11) is 0. The van der Waals surface area contributed by atoms with E-state index < -0.39 is 0 Å². The highest BCUT2D eigenvalue weighted by Crippen LogP contribution is 2.39. The minimum atomic E-state index is 0.420. The first-order valence-corrected chi connectivity index (χ1v) is 5.62. The third-order valence-corrected chi connectivity index (χ3v) is 3.22. The largest absolute Gasteiger partial charge is 0.507 e. The molecule has 78 valence electrons. The Kier molecular flexibility index (Phi) is 1.78. The summed E-state index contributed by atoms with van der Waals surface area (Å²) in [5.74, 6) is 0.420. The molecule has 2 nitrogen and oxygen atoms in total. The zero-order valence-corrected chi connectivity index (χ0v) is 8.90. The zero-order chi connectivity index (χ0) is 10.4. The highest BCUT2D eigenvalue weighted by molar-refractivity contribution is 5.87. The van der Waals surface area contributed by atoms with Gasteiger partial charge in [0, 0.05) is 17.6 Å². The third kappa shape index (κ3) is 1.32. The maximum atomic E-state index is 9.89. The minimum Gasteiger partial charge on any atom is -0.507 e. The number of rotatable bonds is 2. The van der Waals surface area contributed by atoms with Gasteiger partial charge < -0.3 is 9.67 Å². The highest BCUT2D eigenvalue weighted by atomic mass is 16.3. The van der Waals surface area contributed by atoms with Gasteiger partial charge in [0.2, 0.25) is 0 Å². The Morgan fingerprint density at radius 2 is 2.20 bits per heavy atom. The second-order valence-corrected chi connectivity index (χ2v) is 4.36. The van der Waals surface area contributed by atoms with Crippen LogP contribution in [0.4, 0.5) is 0 Å². The molecule has 0 radical (unpaired) electrons. The van der Waals surface area contributed by atoms with Crippen LogP contribution >= 0.6 is 0 Å². The van der Waals surface area contributed by atoms with Crippen LogP contribution in [0.25, 0.3) is 10.9 Å². The van der Waals surface area contributed by atoms with Gasteiger partial charge in [-0.15, -0.1) is 0 Å². The number of hydrogen-bond donors (Lipinski definition) is 1. The topological polar surface area (TPSA) is 25.2 Å². The third-order valence-electron chi connectivity index (χ3n) is 3.22. The maximum Gasteiger partial charge on any atom is 0.125 e. The minimum absolute atomic E-state index is 0.420. The fourth-order valence-corrected chi connectivity index (χ4v) is 2.17. The number of phenols is 1. The fourth-order valence-electron chi connectivity index (χ4n) is 2.17. The number of aromatic nitrogens is 1. The van der Waals surface area contributed by atoms with E-state index in [0.29, 0.717) is 11.8 Å². The van der Waals surface area contributed by atoms with Gasteiger partial charge >= 0.3 is 0 Å². The van der Waals surface area contributed by atoms with Crippen LogP contribution in [0.2, 0.25) is 0 Å². The van der Waals surface area contributed by atoms with Crippen molar-refractivity contribution >= 4 is 10.9 Å². The highest BCUT2D eigenvalue weighted by Gasteiger charge is 2.24. The summed E-state index contributed by atoms with van der Waals surface area (Å²) in [6, 6.07) is 6.77. The molecule has 0 amide bonds. The predicted octanol–water partition coefficient (Wildman–Crippen LogP) is 3.24. The van der Waals surface area contributed by atoms with Gasteiger partial charge in [-0.05, 0) is 43.0 Å². The average Bonchev–Trinajstić information content (AvgIpc) is 2.99. The van der Waals surface area contributed by atoms with Crippen LogP contribution in [0.5, 0.6) is 5.75 Å². The number of aromatic hydroxyl groups is 1. The number of benzene rings is 1. The van der Waals surface area contributed by atoms with Crippen LogP contribution in [-0.4, -0.2) is 9.67 Å². The lowest BCUT2D eigenvalue weighted by atomic mass is 10.1. The molecule has 1 saturated carbocycles. The molecular formula is C13H15NO. The molecule has 2 aromatic rings. The SMILES string of the molecule is CCc1cc(O)c2ccn(C3CC3)c2c1. The molecule has 0 aliphatic heterocycles. The Morgan fingerprint density at radius 1 is 1.40 bits per heavy atom. The number of hydrogen-bond acceptors (Lipinski definition) is 1. The Bertz CT molecular complexity index is 508. The van der Waals surface area contributed by atoms with Crippen molar-refractivity contribution in [3.63, 3.8) is 0 Å². The van der Waals surface area contributed by atoms with E-state index in [1.165, 1.54) is 23.9 Å². The summed E-state index contributed by atoms with van der Waals surface area (Å²) in [5, 5.41) is 10.9. The van der Waals surface area contributed by atoms with Crippen LogP contribution in [0.3, 0.4) is 0 Å². The summed E-state index contributed by atoms with van der Waals surface area (Å²) in [4.78, 5) is 0. The molecule has 1 N–H and O–H groups in total. The Labute approximate surface area is 89.1 Å². The number of nitrogens with zero attached hydrogens (tertiary/aromatic N) is 1. The average molecular weight is 201 g/mol. The molecule has 1 aliphatic rings. The molecule has 0 saturated heterocycles.